The van der Waals surface area contributed by atoms with Gasteiger partial charge in [-0.15, -0.1) is 0 Å². The van der Waals surface area contributed by atoms with Crippen molar-refractivity contribution in [3.8, 4) is 0 Å². The number of hydrogen-bond acceptors (Lipinski definition) is 2. The molecular weight excluding hydrogens is 212 g/mol. The van der Waals surface area contributed by atoms with Crippen LogP contribution < -0.4 is 11.3 Å². The Balaban J connectivity index is 2.47. The van der Waals surface area contributed by atoms with Gasteiger partial charge >= 0.3 is 0 Å². The van der Waals surface area contributed by atoms with Crippen molar-refractivity contribution in [1.29, 1.82) is 0 Å². The van der Waals surface area contributed by atoms with Gasteiger partial charge in [-0.05, 0) is 62.3 Å². The Hall–Kier alpha value is -1.35. The largest absolute Gasteiger partial charge is 0.294 e. The van der Waals surface area contributed by atoms with E-state index in [0.717, 1.165) is 19.3 Å². The summed E-state index contributed by atoms with van der Waals surface area (Å²) in [4.78, 5) is 11.0. The third-order valence-corrected chi connectivity index (χ3v) is 3.43. The zero-order chi connectivity index (χ0) is 12.8. The molecule has 0 fully saturated rings. The summed E-state index contributed by atoms with van der Waals surface area (Å²) >= 11 is 0. The fourth-order valence-electron chi connectivity index (χ4n) is 1.96. The van der Waals surface area contributed by atoms with Crippen molar-refractivity contribution in [2.75, 3.05) is 0 Å². The summed E-state index contributed by atoms with van der Waals surface area (Å²) < 4.78 is 0. The fraction of sp³-hybridized carbons (Fsp3) is 0.500. The van der Waals surface area contributed by atoms with E-state index < -0.39 is 0 Å². The third-order valence-electron chi connectivity index (χ3n) is 3.43. The molecule has 3 N–H and O–H groups in total. The molecule has 17 heavy (non-hydrogen) atoms. The topological polar surface area (TPSA) is 55.1 Å². The molecule has 1 aromatic rings. The maximum absolute atomic E-state index is 11.0. The monoisotopic (exact) mass is 234 g/mol. The minimum Gasteiger partial charge on any atom is -0.294 e. The minimum absolute atomic E-state index is 0.0817. The summed E-state index contributed by atoms with van der Waals surface area (Å²) in [5.74, 6) is 4.94. The van der Waals surface area contributed by atoms with Crippen LogP contribution >= 0.6 is 0 Å². The number of unbranched alkanes of at least 4 members (excludes halogenated alkanes) is 1. The van der Waals surface area contributed by atoms with E-state index in [1.54, 1.807) is 0 Å². The standard InChI is InChI=1S/C14H22N2O/c1-10-8-9-13(12(3)11(10)2)6-4-5-7-14(17)16-15/h8-9H,4-7,15H2,1-3H3,(H,16,17). The predicted molar refractivity (Wildman–Crippen MR) is 70.5 cm³/mol. The van der Waals surface area contributed by atoms with Crippen LogP contribution in [0.2, 0.25) is 0 Å². The second-order valence-electron chi connectivity index (χ2n) is 4.57. The molecule has 0 heterocycles. The summed E-state index contributed by atoms with van der Waals surface area (Å²) in [5.41, 5.74) is 7.64. The second-order valence-corrected chi connectivity index (χ2v) is 4.57. The Bertz CT molecular complexity index is 399. The van der Waals surface area contributed by atoms with Crippen LogP contribution in [0.15, 0.2) is 12.1 Å². The number of carbonyl (C=O) groups is 1. The van der Waals surface area contributed by atoms with Gasteiger partial charge in [-0.25, -0.2) is 5.84 Å². The highest BCUT2D eigenvalue weighted by Gasteiger charge is 2.04. The van der Waals surface area contributed by atoms with Gasteiger partial charge < -0.3 is 0 Å². The number of benzene rings is 1. The van der Waals surface area contributed by atoms with Crippen LogP contribution in [0.3, 0.4) is 0 Å². The Morgan fingerprint density at radius 1 is 1.18 bits per heavy atom. The van der Waals surface area contributed by atoms with Crippen LogP contribution in [0.25, 0.3) is 0 Å². The molecule has 1 aromatic carbocycles. The van der Waals surface area contributed by atoms with E-state index in [1.807, 2.05) is 0 Å². The van der Waals surface area contributed by atoms with E-state index in [4.69, 9.17) is 5.84 Å². The molecule has 0 unspecified atom stereocenters. The minimum atomic E-state index is -0.0817. The highest BCUT2D eigenvalue weighted by molar-refractivity contribution is 5.75. The van der Waals surface area contributed by atoms with Crippen molar-refractivity contribution in [3.63, 3.8) is 0 Å². The van der Waals surface area contributed by atoms with E-state index in [2.05, 4.69) is 38.3 Å². The first-order valence-electron chi connectivity index (χ1n) is 6.11. The van der Waals surface area contributed by atoms with Gasteiger partial charge in [0.25, 0.3) is 0 Å². The number of amides is 1. The summed E-state index contributed by atoms with van der Waals surface area (Å²) in [7, 11) is 0. The molecule has 0 aromatic heterocycles. The maximum atomic E-state index is 11.0. The Labute approximate surface area is 103 Å². The molecular formula is C14H22N2O. The van der Waals surface area contributed by atoms with Crippen LogP contribution in [-0.2, 0) is 11.2 Å². The van der Waals surface area contributed by atoms with Crippen LogP contribution in [0.4, 0.5) is 0 Å². The van der Waals surface area contributed by atoms with Crippen molar-refractivity contribution in [2.45, 2.75) is 46.5 Å². The molecule has 0 spiro atoms. The molecule has 0 aliphatic heterocycles. The third kappa shape index (κ3) is 3.86. The van der Waals surface area contributed by atoms with Gasteiger partial charge in [0.05, 0.1) is 0 Å². The molecule has 0 aliphatic carbocycles. The number of rotatable bonds is 5. The molecule has 0 bridgehead atoms. The molecule has 0 saturated heterocycles. The number of aryl methyl sites for hydroxylation is 2. The van der Waals surface area contributed by atoms with Crippen LogP contribution in [0, 0.1) is 20.8 Å². The van der Waals surface area contributed by atoms with Crippen molar-refractivity contribution in [1.82, 2.24) is 5.43 Å². The van der Waals surface area contributed by atoms with Gasteiger partial charge in [-0.3, -0.25) is 10.2 Å². The lowest BCUT2D eigenvalue weighted by Gasteiger charge is -2.11. The highest BCUT2D eigenvalue weighted by atomic mass is 16.2. The number of nitrogens with one attached hydrogen (secondary N) is 1. The fourth-order valence-corrected chi connectivity index (χ4v) is 1.96. The molecule has 0 aliphatic rings. The summed E-state index contributed by atoms with van der Waals surface area (Å²) in [6, 6.07) is 4.37. The van der Waals surface area contributed by atoms with Crippen LogP contribution in [-0.4, -0.2) is 5.91 Å². The van der Waals surface area contributed by atoms with Crippen molar-refractivity contribution >= 4 is 5.91 Å². The molecule has 0 saturated carbocycles. The van der Waals surface area contributed by atoms with E-state index in [-0.39, 0.29) is 5.91 Å². The highest BCUT2D eigenvalue weighted by Crippen LogP contribution is 2.19. The van der Waals surface area contributed by atoms with Gasteiger partial charge in [0, 0.05) is 6.42 Å². The van der Waals surface area contributed by atoms with E-state index >= 15 is 0 Å². The average Bonchev–Trinajstić information content (AvgIpc) is 2.33. The Morgan fingerprint density at radius 2 is 1.88 bits per heavy atom. The molecule has 0 atom stereocenters. The summed E-state index contributed by atoms with van der Waals surface area (Å²) in [6.07, 6.45) is 3.46. The number of hydrazine groups is 1. The molecule has 1 amide bonds. The smallest absolute Gasteiger partial charge is 0.233 e. The lowest BCUT2D eigenvalue weighted by molar-refractivity contribution is -0.121. The zero-order valence-corrected chi connectivity index (χ0v) is 11.0. The quantitative estimate of drug-likeness (QED) is 0.355. The molecule has 94 valence electrons. The average molecular weight is 234 g/mol. The van der Waals surface area contributed by atoms with Crippen molar-refractivity contribution in [2.24, 2.45) is 5.84 Å². The number of nitrogens with two attached hydrogens (primary N) is 1. The Morgan fingerprint density at radius 3 is 2.53 bits per heavy atom. The predicted octanol–water partition coefficient (Wildman–Crippen LogP) is 2.31. The van der Waals surface area contributed by atoms with E-state index in [1.165, 1.54) is 22.3 Å². The van der Waals surface area contributed by atoms with Gasteiger partial charge in [-0.1, -0.05) is 12.1 Å². The second kappa shape index (κ2) is 6.40. The molecule has 3 heteroatoms. The van der Waals surface area contributed by atoms with Gasteiger partial charge in [0.1, 0.15) is 0 Å². The van der Waals surface area contributed by atoms with Crippen molar-refractivity contribution in [3.05, 3.63) is 34.4 Å². The van der Waals surface area contributed by atoms with Crippen LogP contribution in [0.1, 0.15) is 41.5 Å². The first kappa shape index (κ1) is 13.7. The summed E-state index contributed by atoms with van der Waals surface area (Å²) in [5, 5.41) is 0. The lowest BCUT2D eigenvalue weighted by atomic mass is 9.95. The Kier molecular flexibility index (Phi) is 5.16. The zero-order valence-electron chi connectivity index (χ0n) is 11.0. The normalized spacial score (nSPS) is 10.4. The van der Waals surface area contributed by atoms with Gasteiger partial charge in [-0.2, -0.15) is 0 Å². The van der Waals surface area contributed by atoms with Gasteiger partial charge in [0.15, 0.2) is 0 Å². The first-order valence-corrected chi connectivity index (χ1v) is 6.11. The maximum Gasteiger partial charge on any atom is 0.233 e. The molecule has 1 rings (SSSR count). The number of hydrogen-bond donors (Lipinski definition) is 2. The SMILES string of the molecule is Cc1ccc(CCCCC(=O)NN)c(C)c1C. The van der Waals surface area contributed by atoms with Crippen LogP contribution in [0.5, 0.6) is 0 Å². The van der Waals surface area contributed by atoms with E-state index in [9.17, 15) is 4.79 Å². The number of carbonyl (C=O) groups excluding carboxylic acids is 1. The van der Waals surface area contributed by atoms with E-state index in [0.29, 0.717) is 6.42 Å². The van der Waals surface area contributed by atoms with Crippen molar-refractivity contribution < 1.29 is 4.79 Å². The first-order chi connectivity index (χ1) is 8.06. The lowest BCUT2D eigenvalue weighted by Crippen LogP contribution is -2.29. The molecule has 0 radical (unpaired) electrons. The summed E-state index contributed by atoms with van der Waals surface area (Å²) in [6.45, 7) is 6.47. The molecule has 3 nitrogen and oxygen atoms in total. The van der Waals surface area contributed by atoms with Gasteiger partial charge in [0.2, 0.25) is 5.91 Å².